The number of ether oxygens (including phenoxy) is 1. The molecule has 1 heterocycles. The van der Waals surface area contributed by atoms with Crippen LogP contribution in [0.5, 0.6) is 0 Å². The van der Waals surface area contributed by atoms with Gasteiger partial charge in [0.15, 0.2) is 0 Å². The van der Waals surface area contributed by atoms with E-state index in [4.69, 9.17) is 4.74 Å². The van der Waals surface area contributed by atoms with E-state index in [-0.39, 0.29) is 11.9 Å². The van der Waals surface area contributed by atoms with Crippen molar-refractivity contribution in [2.75, 3.05) is 45.9 Å². The smallest absolute Gasteiger partial charge is 0.123 e. The van der Waals surface area contributed by atoms with Crippen molar-refractivity contribution in [2.45, 2.75) is 6.10 Å². The zero-order valence-electron chi connectivity index (χ0n) is 18.4. The summed E-state index contributed by atoms with van der Waals surface area (Å²) in [6.07, 6.45) is 4.27. The van der Waals surface area contributed by atoms with Gasteiger partial charge < -0.3 is 4.74 Å². The Kier molecular flexibility index (Phi) is 8.21. The first-order valence-corrected chi connectivity index (χ1v) is 11.4. The van der Waals surface area contributed by atoms with Crippen LogP contribution in [-0.4, -0.2) is 55.7 Å². The maximum Gasteiger partial charge on any atom is 0.123 e. The molecule has 1 aliphatic heterocycles. The number of piperazine rings is 1. The predicted octanol–water partition coefficient (Wildman–Crippen LogP) is 5.26. The summed E-state index contributed by atoms with van der Waals surface area (Å²) in [7, 11) is 0. The number of benzene rings is 3. The van der Waals surface area contributed by atoms with E-state index in [2.05, 4.69) is 58.4 Å². The highest BCUT2D eigenvalue weighted by molar-refractivity contribution is 5.48. The summed E-state index contributed by atoms with van der Waals surface area (Å²) < 4.78 is 19.7. The largest absolute Gasteiger partial charge is 0.367 e. The second kappa shape index (κ2) is 11.7. The van der Waals surface area contributed by atoms with Gasteiger partial charge in [-0.2, -0.15) is 0 Å². The van der Waals surface area contributed by atoms with Crippen LogP contribution in [0.3, 0.4) is 0 Å². The van der Waals surface area contributed by atoms with Gasteiger partial charge in [0, 0.05) is 39.3 Å². The summed E-state index contributed by atoms with van der Waals surface area (Å²) in [6, 6.07) is 27.2. The highest BCUT2D eigenvalue weighted by Crippen LogP contribution is 2.26. The lowest BCUT2D eigenvalue weighted by Crippen LogP contribution is -2.47. The van der Waals surface area contributed by atoms with Gasteiger partial charge in [-0.3, -0.25) is 9.80 Å². The molecule has 1 fully saturated rings. The molecule has 3 aromatic carbocycles. The number of halogens is 1. The lowest BCUT2D eigenvalue weighted by atomic mass is 10.0. The fourth-order valence-electron chi connectivity index (χ4n) is 4.05. The van der Waals surface area contributed by atoms with Crippen molar-refractivity contribution in [3.05, 3.63) is 114 Å². The molecular weight excluding hydrogens is 399 g/mol. The summed E-state index contributed by atoms with van der Waals surface area (Å²) in [6.45, 7) is 6.77. The second-order valence-corrected chi connectivity index (χ2v) is 8.17. The van der Waals surface area contributed by atoms with E-state index in [1.54, 1.807) is 0 Å². The van der Waals surface area contributed by atoms with Gasteiger partial charge in [-0.1, -0.05) is 84.9 Å². The maximum absolute atomic E-state index is 13.4. The van der Waals surface area contributed by atoms with Crippen molar-refractivity contribution < 1.29 is 9.13 Å². The molecule has 1 saturated heterocycles. The Morgan fingerprint density at radius 1 is 0.750 bits per heavy atom. The summed E-state index contributed by atoms with van der Waals surface area (Å²) >= 11 is 0. The van der Waals surface area contributed by atoms with Crippen molar-refractivity contribution in [3.8, 4) is 0 Å². The quantitative estimate of drug-likeness (QED) is 0.460. The van der Waals surface area contributed by atoms with E-state index in [1.165, 1.54) is 17.7 Å². The Balaban J connectivity index is 1.23. The Morgan fingerprint density at radius 2 is 1.34 bits per heavy atom. The molecule has 0 amide bonds. The van der Waals surface area contributed by atoms with Gasteiger partial charge in [0.25, 0.3) is 0 Å². The predicted molar refractivity (Wildman–Crippen MR) is 129 cm³/mol. The maximum atomic E-state index is 13.4. The molecule has 4 rings (SSSR count). The molecule has 3 aromatic rings. The number of hydrogen-bond donors (Lipinski definition) is 0. The van der Waals surface area contributed by atoms with Gasteiger partial charge >= 0.3 is 0 Å². The van der Waals surface area contributed by atoms with Crippen molar-refractivity contribution >= 4 is 6.08 Å². The first-order chi connectivity index (χ1) is 15.8. The lowest BCUT2D eigenvalue weighted by Gasteiger charge is -2.34. The molecule has 0 radical (unpaired) electrons. The Hall–Kier alpha value is -2.79. The third kappa shape index (κ3) is 6.60. The zero-order valence-corrected chi connectivity index (χ0v) is 18.4. The van der Waals surface area contributed by atoms with E-state index >= 15 is 0 Å². The molecule has 0 spiro atoms. The highest BCUT2D eigenvalue weighted by atomic mass is 19.1. The van der Waals surface area contributed by atoms with Crippen LogP contribution in [0.2, 0.25) is 0 Å². The van der Waals surface area contributed by atoms with Crippen LogP contribution in [0.1, 0.15) is 22.8 Å². The van der Waals surface area contributed by atoms with Crippen LogP contribution in [0.25, 0.3) is 6.08 Å². The monoisotopic (exact) mass is 430 g/mol. The van der Waals surface area contributed by atoms with Crippen molar-refractivity contribution in [1.82, 2.24) is 9.80 Å². The molecule has 0 aromatic heterocycles. The van der Waals surface area contributed by atoms with Gasteiger partial charge in [0.05, 0.1) is 6.61 Å². The van der Waals surface area contributed by atoms with Crippen LogP contribution in [-0.2, 0) is 4.74 Å². The standard InChI is InChI=1S/C28H31FN2O/c29-27-15-13-26(14-16-27)28(25-11-5-2-6-12-25)32-23-22-31-20-18-30(19-21-31)17-7-10-24-8-3-1-4-9-24/h1-16,28H,17-23H2/b10-7+. The van der Waals surface area contributed by atoms with Crippen LogP contribution in [0, 0.1) is 5.82 Å². The van der Waals surface area contributed by atoms with E-state index in [0.717, 1.165) is 50.4 Å². The first kappa shape index (κ1) is 22.4. The second-order valence-electron chi connectivity index (χ2n) is 8.17. The molecule has 0 saturated carbocycles. The third-order valence-electron chi connectivity index (χ3n) is 5.91. The molecule has 32 heavy (non-hydrogen) atoms. The number of nitrogens with zero attached hydrogens (tertiary/aromatic N) is 2. The average molecular weight is 431 g/mol. The molecule has 1 unspecified atom stereocenters. The molecule has 3 nitrogen and oxygen atoms in total. The zero-order chi connectivity index (χ0) is 22.0. The van der Waals surface area contributed by atoms with E-state index < -0.39 is 0 Å². The normalized spacial score (nSPS) is 16.4. The molecule has 166 valence electrons. The van der Waals surface area contributed by atoms with Gasteiger partial charge in [0.2, 0.25) is 0 Å². The summed E-state index contributed by atoms with van der Waals surface area (Å²) in [5.74, 6) is -0.225. The van der Waals surface area contributed by atoms with E-state index in [1.807, 2.05) is 36.4 Å². The highest BCUT2D eigenvalue weighted by Gasteiger charge is 2.18. The molecule has 0 aliphatic carbocycles. The minimum atomic E-state index is -0.225. The van der Waals surface area contributed by atoms with Gasteiger partial charge in [0.1, 0.15) is 11.9 Å². The Morgan fingerprint density at radius 3 is 2.03 bits per heavy atom. The van der Waals surface area contributed by atoms with Gasteiger partial charge in [-0.15, -0.1) is 0 Å². The molecular formula is C28H31FN2O. The molecule has 1 aliphatic rings. The minimum Gasteiger partial charge on any atom is -0.367 e. The van der Waals surface area contributed by atoms with E-state index in [0.29, 0.717) is 6.61 Å². The van der Waals surface area contributed by atoms with Crippen LogP contribution in [0.15, 0.2) is 91.0 Å². The lowest BCUT2D eigenvalue weighted by molar-refractivity contribution is 0.0467. The molecule has 0 N–H and O–H groups in total. The van der Waals surface area contributed by atoms with Crippen LogP contribution < -0.4 is 0 Å². The van der Waals surface area contributed by atoms with Gasteiger partial charge in [-0.05, 0) is 28.8 Å². The number of rotatable bonds is 9. The van der Waals surface area contributed by atoms with Crippen LogP contribution in [0.4, 0.5) is 4.39 Å². The van der Waals surface area contributed by atoms with Crippen molar-refractivity contribution in [3.63, 3.8) is 0 Å². The summed E-state index contributed by atoms with van der Waals surface area (Å²) in [5, 5.41) is 0. The third-order valence-corrected chi connectivity index (χ3v) is 5.91. The average Bonchev–Trinajstić information content (AvgIpc) is 2.85. The summed E-state index contributed by atoms with van der Waals surface area (Å²) in [4.78, 5) is 4.95. The molecule has 0 bridgehead atoms. The number of hydrogen-bond acceptors (Lipinski definition) is 3. The van der Waals surface area contributed by atoms with Crippen molar-refractivity contribution in [1.29, 1.82) is 0 Å². The fraction of sp³-hybridized carbons (Fsp3) is 0.286. The Labute approximate surface area is 190 Å². The SMILES string of the molecule is Fc1ccc(C(OCCN2CCN(C/C=C/c3ccccc3)CC2)c2ccccc2)cc1. The van der Waals surface area contributed by atoms with Crippen LogP contribution >= 0.6 is 0 Å². The minimum absolute atomic E-state index is 0.179. The Bertz CT molecular complexity index is 952. The van der Waals surface area contributed by atoms with Crippen molar-refractivity contribution in [2.24, 2.45) is 0 Å². The fourth-order valence-corrected chi connectivity index (χ4v) is 4.05. The van der Waals surface area contributed by atoms with E-state index in [9.17, 15) is 4.39 Å². The van der Waals surface area contributed by atoms with Gasteiger partial charge in [-0.25, -0.2) is 4.39 Å². The topological polar surface area (TPSA) is 15.7 Å². The molecule has 1 atom stereocenters. The summed E-state index contributed by atoms with van der Waals surface area (Å²) in [5.41, 5.74) is 3.32. The first-order valence-electron chi connectivity index (χ1n) is 11.4. The molecule has 4 heteroatoms.